The van der Waals surface area contributed by atoms with Gasteiger partial charge in [0.05, 0.1) is 0 Å². The summed E-state index contributed by atoms with van der Waals surface area (Å²) < 4.78 is 0. The summed E-state index contributed by atoms with van der Waals surface area (Å²) in [5.74, 6) is 0.187. The van der Waals surface area contributed by atoms with Crippen molar-refractivity contribution in [2.45, 2.75) is 31.2 Å². The van der Waals surface area contributed by atoms with Crippen LogP contribution in [0.4, 0.5) is 5.69 Å². The molecule has 0 spiro atoms. The lowest BCUT2D eigenvalue weighted by molar-refractivity contribution is -0.117. The first-order chi connectivity index (χ1) is 15.2. The van der Waals surface area contributed by atoms with E-state index in [1.54, 1.807) is 6.20 Å². The van der Waals surface area contributed by atoms with Crippen molar-refractivity contribution in [1.82, 2.24) is 15.6 Å². The van der Waals surface area contributed by atoms with Crippen LogP contribution in [0.2, 0.25) is 0 Å². The number of fused-ring (bicyclic) bond motifs is 1. The molecule has 158 valence electrons. The molecule has 3 N–H and O–H groups in total. The molecule has 6 heteroatoms. The normalized spacial score (nSPS) is 22.3. The molecule has 1 aliphatic carbocycles. The number of benzene rings is 2. The smallest absolute Gasteiger partial charge is 0.251 e. The SMILES string of the molecule is O=C(NCC1CCCN1)c1ccc(C2CC2C(=O)Nc2ccc3cnccc3c2)cc1. The minimum atomic E-state index is -0.0446. The Morgan fingerprint density at radius 2 is 1.94 bits per heavy atom. The highest BCUT2D eigenvalue weighted by Gasteiger charge is 2.43. The Morgan fingerprint density at radius 3 is 2.74 bits per heavy atom. The van der Waals surface area contributed by atoms with Gasteiger partial charge >= 0.3 is 0 Å². The van der Waals surface area contributed by atoms with Crippen molar-refractivity contribution < 1.29 is 9.59 Å². The van der Waals surface area contributed by atoms with Crippen LogP contribution in [0.1, 0.15) is 41.1 Å². The number of pyridine rings is 1. The third-order valence-electron chi connectivity index (χ3n) is 6.31. The molecule has 3 unspecified atom stereocenters. The number of amides is 2. The lowest BCUT2D eigenvalue weighted by atomic mass is 10.1. The average Bonchev–Trinajstić information content (AvgIpc) is 3.44. The van der Waals surface area contributed by atoms with Crippen LogP contribution in [0.25, 0.3) is 10.8 Å². The predicted molar refractivity (Wildman–Crippen MR) is 121 cm³/mol. The molecule has 1 saturated carbocycles. The predicted octanol–water partition coefficient (Wildman–Crippen LogP) is 3.46. The number of rotatable bonds is 6. The van der Waals surface area contributed by atoms with Gasteiger partial charge < -0.3 is 16.0 Å². The van der Waals surface area contributed by atoms with E-state index in [0.29, 0.717) is 18.2 Å². The Balaban J connectivity index is 1.16. The molecule has 2 amide bonds. The fraction of sp³-hybridized carbons (Fsp3) is 0.320. The maximum atomic E-state index is 12.7. The zero-order chi connectivity index (χ0) is 21.2. The van der Waals surface area contributed by atoms with Gasteiger partial charge in [0.2, 0.25) is 5.91 Å². The number of nitrogens with one attached hydrogen (secondary N) is 3. The first-order valence-corrected chi connectivity index (χ1v) is 10.9. The van der Waals surface area contributed by atoms with Crippen LogP contribution in [0.15, 0.2) is 60.9 Å². The van der Waals surface area contributed by atoms with E-state index >= 15 is 0 Å². The fourth-order valence-corrected chi connectivity index (χ4v) is 4.38. The molecule has 2 heterocycles. The molecule has 2 aromatic carbocycles. The maximum absolute atomic E-state index is 12.7. The topological polar surface area (TPSA) is 83.1 Å². The second-order valence-corrected chi connectivity index (χ2v) is 8.50. The Morgan fingerprint density at radius 1 is 1.06 bits per heavy atom. The van der Waals surface area contributed by atoms with Gasteiger partial charge in [0.25, 0.3) is 5.91 Å². The van der Waals surface area contributed by atoms with Gasteiger partial charge in [-0.15, -0.1) is 0 Å². The van der Waals surface area contributed by atoms with E-state index in [-0.39, 0.29) is 23.7 Å². The molecule has 2 fully saturated rings. The molecular weight excluding hydrogens is 388 g/mol. The Labute approximate surface area is 181 Å². The summed E-state index contributed by atoms with van der Waals surface area (Å²) in [4.78, 5) is 29.2. The highest BCUT2D eigenvalue weighted by Crippen LogP contribution is 2.48. The number of carbonyl (C=O) groups excluding carboxylic acids is 2. The third kappa shape index (κ3) is 4.44. The first-order valence-electron chi connectivity index (χ1n) is 10.9. The van der Waals surface area contributed by atoms with E-state index in [4.69, 9.17) is 0 Å². The summed E-state index contributed by atoms with van der Waals surface area (Å²) in [7, 11) is 0. The molecular formula is C25H26N4O2. The Bertz CT molecular complexity index is 1110. The van der Waals surface area contributed by atoms with Crippen molar-refractivity contribution in [3.05, 3.63) is 72.1 Å². The van der Waals surface area contributed by atoms with E-state index in [1.165, 1.54) is 6.42 Å². The minimum Gasteiger partial charge on any atom is -0.350 e. The summed E-state index contributed by atoms with van der Waals surface area (Å²) in [5.41, 5.74) is 2.57. The van der Waals surface area contributed by atoms with Crippen LogP contribution < -0.4 is 16.0 Å². The van der Waals surface area contributed by atoms with Gasteiger partial charge in [0, 0.05) is 47.5 Å². The van der Waals surface area contributed by atoms with Crippen LogP contribution in [0.3, 0.4) is 0 Å². The Hall–Kier alpha value is -3.25. The summed E-state index contributed by atoms with van der Waals surface area (Å²) in [6.45, 7) is 1.69. The average molecular weight is 415 g/mol. The van der Waals surface area contributed by atoms with Crippen molar-refractivity contribution in [3.8, 4) is 0 Å². The van der Waals surface area contributed by atoms with E-state index in [2.05, 4.69) is 20.9 Å². The standard InChI is InChI=1S/C25H26N4O2/c30-24(28-15-21-2-1-10-27-21)17-5-3-16(4-6-17)22-13-23(22)25(31)29-20-8-7-19-14-26-11-9-18(19)12-20/h3-9,11-12,14,21-23,27H,1-2,10,13,15H2,(H,28,30)(H,29,31). The van der Waals surface area contributed by atoms with Crippen LogP contribution in [-0.4, -0.2) is 35.9 Å². The molecule has 1 aromatic heterocycles. The van der Waals surface area contributed by atoms with Gasteiger partial charge in [-0.3, -0.25) is 14.6 Å². The largest absolute Gasteiger partial charge is 0.350 e. The zero-order valence-electron chi connectivity index (χ0n) is 17.3. The minimum absolute atomic E-state index is 0.0266. The summed E-state index contributed by atoms with van der Waals surface area (Å²) in [6.07, 6.45) is 6.68. The first kappa shape index (κ1) is 19.7. The summed E-state index contributed by atoms with van der Waals surface area (Å²) >= 11 is 0. The van der Waals surface area contributed by atoms with Crippen molar-refractivity contribution in [3.63, 3.8) is 0 Å². The quantitative estimate of drug-likeness (QED) is 0.577. The van der Waals surface area contributed by atoms with Gasteiger partial charge in [-0.1, -0.05) is 18.2 Å². The van der Waals surface area contributed by atoms with Crippen molar-refractivity contribution in [1.29, 1.82) is 0 Å². The molecule has 6 nitrogen and oxygen atoms in total. The summed E-state index contributed by atoms with van der Waals surface area (Å²) in [5, 5.41) is 11.5. The number of nitrogens with zero attached hydrogens (tertiary/aromatic N) is 1. The molecule has 1 saturated heterocycles. The fourth-order valence-electron chi connectivity index (χ4n) is 4.38. The number of hydrogen-bond donors (Lipinski definition) is 3. The molecule has 2 aliphatic rings. The van der Waals surface area contributed by atoms with Crippen LogP contribution >= 0.6 is 0 Å². The monoisotopic (exact) mass is 414 g/mol. The summed E-state index contributed by atoms with van der Waals surface area (Å²) in [6, 6.07) is 15.8. The van der Waals surface area contributed by atoms with Crippen molar-refractivity contribution in [2.75, 3.05) is 18.4 Å². The van der Waals surface area contributed by atoms with Crippen molar-refractivity contribution in [2.24, 2.45) is 5.92 Å². The third-order valence-corrected chi connectivity index (χ3v) is 6.31. The molecule has 0 radical (unpaired) electrons. The lowest BCUT2D eigenvalue weighted by Gasteiger charge is -2.11. The van der Waals surface area contributed by atoms with Gasteiger partial charge in [-0.25, -0.2) is 0 Å². The molecule has 3 atom stereocenters. The molecule has 31 heavy (non-hydrogen) atoms. The second-order valence-electron chi connectivity index (χ2n) is 8.50. The maximum Gasteiger partial charge on any atom is 0.251 e. The van der Waals surface area contributed by atoms with Crippen LogP contribution in [0.5, 0.6) is 0 Å². The highest BCUT2D eigenvalue weighted by molar-refractivity contribution is 5.97. The number of anilines is 1. The van der Waals surface area contributed by atoms with Gasteiger partial charge in [-0.05, 0) is 73.0 Å². The molecule has 0 bridgehead atoms. The number of aromatic nitrogens is 1. The van der Waals surface area contributed by atoms with Crippen LogP contribution in [-0.2, 0) is 4.79 Å². The number of hydrogen-bond acceptors (Lipinski definition) is 4. The van der Waals surface area contributed by atoms with Gasteiger partial charge in [0.1, 0.15) is 0 Å². The van der Waals surface area contributed by atoms with Crippen LogP contribution in [0, 0.1) is 5.92 Å². The van der Waals surface area contributed by atoms with E-state index in [9.17, 15) is 9.59 Å². The Kier molecular flexibility index (Phi) is 5.38. The van der Waals surface area contributed by atoms with Gasteiger partial charge in [0.15, 0.2) is 0 Å². The van der Waals surface area contributed by atoms with Gasteiger partial charge in [-0.2, -0.15) is 0 Å². The number of carbonyl (C=O) groups is 2. The van der Waals surface area contributed by atoms with E-state index < -0.39 is 0 Å². The van der Waals surface area contributed by atoms with E-state index in [0.717, 1.165) is 41.4 Å². The zero-order valence-corrected chi connectivity index (χ0v) is 17.3. The lowest BCUT2D eigenvalue weighted by Crippen LogP contribution is -2.37. The van der Waals surface area contributed by atoms with E-state index in [1.807, 2.05) is 54.7 Å². The second kappa shape index (κ2) is 8.47. The molecule has 1 aliphatic heterocycles. The highest BCUT2D eigenvalue weighted by atomic mass is 16.2. The molecule has 3 aromatic rings. The molecule has 5 rings (SSSR count). The van der Waals surface area contributed by atoms with Crippen molar-refractivity contribution >= 4 is 28.3 Å².